The molecule has 0 saturated carbocycles. The van der Waals surface area contributed by atoms with Crippen molar-refractivity contribution < 1.29 is 12.8 Å². The van der Waals surface area contributed by atoms with Crippen LogP contribution in [0.3, 0.4) is 0 Å². The van der Waals surface area contributed by atoms with E-state index in [1.807, 2.05) is 24.4 Å². The third kappa shape index (κ3) is 3.54. The molecule has 0 amide bonds. The first-order valence-electron chi connectivity index (χ1n) is 8.95. The van der Waals surface area contributed by atoms with Crippen LogP contribution in [0.15, 0.2) is 28.3 Å². The van der Waals surface area contributed by atoms with Gasteiger partial charge < -0.3 is 9.73 Å². The van der Waals surface area contributed by atoms with Gasteiger partial charge in [-0.3, -0.25) is 0 Å². The number of rotatable bonds is 5. The Morgan fingerprint density at radius 3 is 2.82 bits per heavy atom. The molecule has 0 aromatic carbocycles. The van der Waals surface area contributed by atoms with Crippen LogP contribution >= 0.6 is 11.3 Å². The number of furan rings is 1. The molecule has 8 nitrogen and oxygen atoms in total. The Balaban J connectivity index is 1.60. The highest BCUT2D eigenvalue weighted by Gasteiger charge is 2.31. The minimum Gasteiger partial charge on any atom is -0.460 e. The zero-order valence-corrected chi connectivity index (χ0v) is 17.5. The molecule has 0 aliphatic carbocycles. The van der Waals surface area contributed by atoms with Crippen molar-refractivity contribution in [1.29, 1.82) is 0 Å². The second kappa shape index (κ2) is 7.26. The van der Waals surface area contributed by atoms with Gasteiger partial charge >= 0.3 is 0 Å². The average molecular weight is 420 g/mol. The zero-order valence-electron chi connectivity index (χ0n) is 15.8. The van der Waals surface area contributed by atoms with E-state index in [1.54, 1.807) is 13.8 Å². The van der Waals surface area contributed by atoms with Gasteiger partial charge in [0.05, 0.1) is 10.9 Å². The molecule has 3 aromatic heterocycles. The highest BCUT2D eigenvalue weighted by atomic mass is 32.2. The van der Waals surface area contributed by atoms with Gasteiger partial charge in [-0.25, -0.2) is 23.4 Å². The van der Waals surface area contributed by atoms with Gasteiger partial charge in [-0.15, -0.1) is 11.3 Å². The van der Waals surface area contributed by atoms with E-state index in [9.17, 15) is 8.42 Å². The molecule has 148 valence electrons. The predicted octanol–water partition coefficient (Wildman–Crippen LogP) is 3.34. The van der Waals surface area contributed by atoms with Gasteiger partial charge in [0.2, 0.25) is 10.0 Å². The zero-order chi connectivity index (χ0) is 19.9. The van der Waals surface area contributed by atoms with E-state index in [1.165, 1.54) is 22.0 Å². The van der Waals surface area contributed by atoms with E-state index in [-0.39, 0.29) is 6.54 Å². The number of nitrogens with zero attached hydrogens (tertiary/aromatic N) is 4. The summed E-state index contributed by atoms with van der Waals surface area (Å²) in [6.07, 6.45) is 2.06. The summed E-state index contributed by atoms with van der Waals surface area (Å²) in [6, 6.07) is 3.78. The molecule has 10 heteroatoms. The fourth-order valence-corrected chi connectivity index (χ4v) is 5.01. The standard InChI is InChI=1S/C18H21N5O3S2/c1-11(2)28(24,25)23-7-6-14-13(8-23)17(20-10-19-14)22-18-21-15(9-27-18)16-5-4-12(3)26-16/h4-5,9-11H,6-8H2,1-3H3,(H,19,20,21,22). The van der Waals surface area contributed by atoms with E-state index >= 15 is 0 Å². The van der Waals surface area contributed by atoms with Gasteiger partial charge in [0.15, 0.2) is 10.9 Å². The van der Waals surface area contributed by atoms with E-state index in [2.05, 4.69) is 20.3 Å². The summed E-state index contributed by atoms with van der Waals surface area (Å²) in [7, 11) is -3.34. The molecular weight excluding hydrogens is 398 g/mol. The van der Waals surface area contributed by atoms with Crippen LogP contribution in [0.1, 0.15) is 30.9 Å². The number of hydrogen-bond acceptors (Lipinski definition) is 8. The topological polar surface area (TPSA) is 101 Å². The second-order valence-corrected chi connectivity index (χ2v) is 10.2. The minimum atomic E-state index is -3.34. The molecule has 0 saturated heterocycles. The normalized spacial score (nSPS) is 15.0. The summed E-state index contributed by atoms with van der Waals surface area (Å²) in [5.41, 5.74) is 2.40. The molecule has 0 unspecified atom stereocenters. The predicted molar refractivity (Wildman–Crippen MR) is 108 cm³/mol. The maximum absolute atomic E-state index is 12.6. The first-order valence-corrected chi connectivity index (χ1v) is 11.3. The number of aromatic nitrogens is 3. The van der Waals surface area contributed by atoms with Crippen LogP contribution in [-0.2, 0) is 23.0 Å². The molecule has 1 aliphatic heterocycles. The van der Waals surface area contributed by atoms with Crippen LogP contribution < -0.4 is 5.32 Å². The second-order valence-electron chi connectivity index (χ2n) is 6.90. The molecule has 28 heavy (non-hydrogen) atoms. The van der Waals surface area contributed by atoms with Crippen molar-refractivity contribution in [1.82, 2.24) is 19.3 Å². The summed E-state index contributed by atoms with van der Waals surface area (Å²) in [6.45, 7) is 5.97. The highest BCUT2D eigenvalue weighted by molar-refractivity contribution is 7.89. The van der Waals surface area contributed by atoms with E-state index in [0.717, 1.165) is 22.7 Å². The number of hydrogen-bond donors (Lipinski definition) is 1. The molecular formula is C18H21N5O3S2. The first kappa shape index (κ1) is 19.0. The molecule has 0 spiro atoms. The number of aryl methyl sites for hydroxylation is 1. The first-order chi connectivity index (χ1) is 13.3. The Morgan fingerprint density at radius 1 is 1.29 bits per heavy atom. The Morgan fingerprint density at radius 2 is 2.11 bits per heavy atom. The number of sulfonamides is 1. The lowest BCUT2D eigenvalue weighted by atomic mass is 10.1. The van der Waals surface area contributed by atoms with Gasteiger partial charge in [-0.2, -0.15) is 4.31 Å². The summed E-state index contributed by atoms with van der Waals surface area (Å²) >= 11 is 1.44. The molecule has 4 heterocycles. The molecule has 0 radical (unpaired) electrons. The molecule has 0 atom stereocenters. The van der Waals surface area contributed by atoms with Crippen molar-refractivity contribution in [3.8, 4) is 11.5 Å². The average Bonchev–Trinajstić information content (AvgIpc) is 3.30. The molecule has 4 rings (SSSR count). The van der Waals surface area contributed by atoms with Crippen molar-refractivity contribution in [3.63, 3.8) is 0 Å². The number of anilines is 2. The van der Waals surface area contributed by atoms with Crippen LogP contribution in [0, 0.1) is 6.92 Å². The maximum atomic E-state index is 12.6. The molecule has 1 aliphatic rings. The largest absolute Gasteiger partial charge is 0.460 e. The van der Waals surface area contributed by atoms with E-state index in [0.29, 0.717) is 29.7 Å². The number of fused-ring (bicyclic) bond motifs is 1. The van der Waals surface area contributed by atoms with Crippen LogP contribution in [-0.4, -0.2) is 39.5 Å². The third-order valence-electron chi connectivity index (χ3n) is 4.65. The van der Waals surface area contributed by atoms with E-state index < -0.39 is 15.3 Å². The SMILES string of the molecule is Cc1ccc(-c2csc(Nc3ncnc4c3CN(S(=O)(=O)C(C)C)CC4)n2)o1. The molecule has 0 fully saturated rings. The summed E-state index contributed by atoms with van der Waals surface area (Å²) in [5.74, 6) is 2.12. The van der Waals surface area contributed by atoms with Crippen molar-refractivity contribution in [2.24, 2.45) is 0 Å². The molecule has 0 bridgehead atoms. The van der Waals surface area contributed by atoms with Crippen molar-refractivity contribution in [2.45, 2.75) is 39.0 Å². The quantitative estimate of drug-likeness (QED) is 0.677. The Hall–Kier alpha value is -2.30. The Bertz CT molecular complexity index is 1100. The summed E-state index contributed by atoms with van der Waals surface area (Å²) in [5, 5.41) is 5.33. The Kier molecular flexibility index (Phi) is 4.94. The number of nitrogens with one attached hydrogen (secondary N) is 1. The van der Waals surface area contributed by atoms with Gasteiger partial charge in [0.25, 0.3) is 0 Å². The van der Waals surface area contributed by atoms with Gasteiger partial charge in [0, 0.05) is 30.5 Å². The van der Waals surface area contributed by atoms with E-state index in [4.69, 9.17) is 4.42 Å². The van der Waals surface area contributed by atoms with Gasteiger partial charge in [-0.1, -0.05) is 0 Å². The van der Waals surface area contributed by atoms with Crippen molar-refractivity contribution in [3.05, 3.63) is 40.9 Å². The lowest BCUT2D eigenvalue weighted by molar-refractivity contribution is 0.383. The van der Waals surface area contributed by atoms with Crippen molar-refractivity contribution >= 4 is 32.3 Å². The van der Waals surface area contributed by atoms with Gasteiger partial charge in [-0.05, 0) is 32.9 Å². The monoisotopic (exact) mass is 419 g/mol. The summed E-state index contributed by atoms with van der Waals surface area (Å²) < 4.78 is 32.3. The number of thiazole rings is 1. The lowest BCUT2D eigenvalue weighted by Crippen LogP contribution is -2.40. The van der Waals surface area contributed by atoms with Crippen LogP contribution in [0.25, 0.3) is 11.5 Å². The van der Waals surface area contributed by atoms with Gasteiger partial charge in [0.1, 0.15) is 23.6 Å². The van der Waals surface area contributed by atoms with Crippen LogP contribution in [0.2, 0.25) is 0 Å². The third-order valence-corrected chi connectivity index (χ3v) is 7.63. The summed E-state index contributed by atoms with van der Waals surface area (Å²) in [4.78, 5) is 13.2. The van der Waals surface area contributed by atoms with Crippen LogP contribution in [0.4, 0.5) is 10.9 Å². The van der Waals surface area contributed by atoms with Crippen molar-refractivity contribution in [2.75, 3.05) is 11.9 Å². The lowest BCUT2D eigenvalue weighted by Gasteiger charge is -2.29. The maximum Gasteiger partial charge on any atom is 0.216 e. The Labute approximate surface area is 167 Å². The van der Waals surface area contributed by atoms with Crippen LogP contribution in [0.5, 0.6) is 0 Å². The molecule has 3 aromatic rings. The fraction of sp³-hybridized carbons (Fsp3) is 0.389. The smallest absolute Gasteiger partial charge is 0.216 e. The minimum absolute atomic E-state index is 0.259. The highest BCUT2D eigenvalue weighted by Crippen LogP contribution is 2.31. The fourth-order valence-electron chi connectivity index (χ4n) is 3.06. The molecule has 1 N–H and O–H groups in total.